The molecule has 1 aromatic heterocycles. The molecule has 5 aliphatic carbocycles. The van der Waals surface area contributed by atoms with Crippen LogP contribution in [0.5, 0.6) is 0 Å². The third-order valence-corrected chi connectivity index (χ3v) is 13.6. The summed E-state index contributed by atoms with van der Waals surface area (Å²) >= 11 is 0. The topological polar surface area (TPSA) is 75.8 Å². The summed E-state index contributed by atoms with van der Waals surface area (Å²) in [5.74, 6) is 2.05. The van der Waals surface area contributed by atoms with Gasteiger partial charge in [0.05, 0.1) is 11.0 Å². The molecular formula is C34H45N3O2. The number of nitriles is 1. The van der Waals surface area contributed by atoms with Crippen molar-refractivity contribution in [3.63, 3.8) is 0 Å². The van der Waals surface area contributed by atoms with Gasteiger partial charge in [0.25, 0.3) is 0 Å². The molecule has 5 nitrogen and oxygen atoms in total. The van der Waals surface area contributed by atoms with E-state index in [9.17, 15) is 14.9 Å². The molecule has 0 aromatic carbocycles. The van der Waals surface area contributed by atoms with E-state index >= 15 is 0 Å². The molecule has 9 atom stereocenters. The molecule has 0 N–H and O–H groups in total. The fourth-order valence-corrected chi connectivity index (χ4v) is 11.1. The lowest BCUT2D eigenvalue weighted by atomic mass is 9.34. The maximum atomic E-state index is 14.2. The Morgan fingerprint density at radius 3 is 2.46 bits per heavy atom. The Bertz CT molecular complexity index is 1330. The number of hydrogen-bond donors (Lipinski definition) is 0. The van der Waals surface area contributed by atoms with Crippen molar-refractivity contribution < 1.29 is 9.59 Å². The van der Waals surface area contributed by atoms with Gasteiger partial charge in [0.1, 0.15) is 12.4 Å². The van der Waals surface area contributed by atoms with Crippen LogP contribution in [0.25, 0.3) is 0 Å². The van der Waals surface area contributed by atoms with Crippen molar-refractivity contribution >= 4 is 11.7 Å². The van der Waals surface area contributed by atoms with Gasteiger partial charge in [-0.25, -0.2) is 4.98 Å². The van der Waals surface area contributed by atoms with Crippen molar-refractivity contribution in [2.45, 2.75) is 93.4 Å². The van der Waals surface area contributed by atoms with E-state index in [1.807, 2.05) is 6.20 Å². The van der Waals surface area contributed by atoms with E-state index in [1.54, 1.807) is 17.1 Å². The Kier molecular flexibility index (Phi) is 5.67. The first kappa shape index (κ1) is 26.7. The van der Waals surface area contributed by atoms with Crippen LogP contribution in [0.15, 0.2) is 42.0 Å². The van der Waals surface area contributed by atoms with Gasteiger partial charge in [-0.3, -0.25) is 14.2 Å². The standard InChI is InChI=1S/C34H45N3O2/c1-21-10-13-34(29(39)37-17-16-36-20-37)15-14-32(6)24(27(34)22(21)2)8-9-26-31(5)18-23(19-35)28(38)30(3,4)25(31)11-12-33(26,32)7/h8,16-18,20-22,25-27H,9-15H2,1-7H3/t21-,22+,25+,26-,27+,31+,32-,33-,34+/m1/s1. The Morgan fingerprint density at radius 2 is 1.79 bits per heavy atom. The second-order valence-electron chi connectivity index (χ2n) is 15.2. The minimum absolute atomic E-state index is 0.0137. The van der Waals surface area contributed by atoms with E-state index in [0.717, 1.165) is 44.9 Å². The van der Waals surface area contributed by atoms with Crippen LogP contribution in [0.1, 0.15) is 98.2 Å². The van der Waals surface area contributed by atoms with E-state index in [1.165, 1.54) is 5.57 Å². The average Bonchev–Trinajstić information content (AvgIpc) is 3.43. The Hall–Kier alpha value is -2.48. The number of aromatic nitrogens is 2. The Morgan fingerprint density at radius 1 is 1.05 bits per heavy atom. The molecule has 39 heavy (non-hydrogen) atoms. The van der Waals surface area contributed by atoms with Crippen LogP contribution in [-0.2, 0) is 4.79 Å². The molecule has 0 aliphatic heterocycles. The van der Waals surface area contributed by atoms with Gasteiger partial charge in [0.2, 0.25) is 5.91 Å². The fourth-order valence-electron chi connectivity index (χ4n) is 11.1. The lowest BCUT2D eigenvalue weighted by molar-refractivity contribution is -0.159. The van der Waals surface area contributed by atoms with Crippen molar-refractivity contribution in [3.8, 4) is 6.07 Å². The van der Waals surface area contributed by atoms with Crippen molar-refractivity contribution in [1.29, 1.82) is 5.26 Å². The summed E-state index contributed by atoms with van der Waals surface area (Å²) in [7, 11) is 0. The van der Waals surface area contributed by atoms with Gasteiger partial charge in [-0.15, -0.1) is 0 Å². The van der Waals surface area contributed by atoms with E-state index < -0.39 is 5.41 Å². The van der Waals surface area contributed by atoms with Gasteiger partial charge in [0.15, 0.2) is 5.78 Å². The zero-order valence-corrected chi connectivity index (χ0v) is 24.9. The van der Waals surface area contributed by atoms with E-state index in [4.69, 9.17) is 0 Å². The zero-order valence-electron chi connectivity index (χ0n) is 24.9. The van der Waals surface area contributed by atoms with Crippen LogP contribution in [0, 0.1) is 68.0 Å². The first-order valence-corrected chi connectivity index (χ1v) is 15.2. The average molecular weight is 528 g/mol. The molecule has 1 heterocycles. The number of allylic oxidation sites excluding steroid dienone is 4. The number of carbonyl (C=O) groups excluding carboxylic acids is 2. The summed E-state index contributed by atoms with van der Waals surface area (Å²) < 4.78 is 1.74. The van der Waals surface area contributed by atoms with Crippen LogP contribution < -0.4 is 0 Å². The van der Waals surface area contributed by atoms with Gasteiger partial charge < -0.3 is 0 Å². The number of fused-ring (bicyclic) bond motifs is 7. The molecule has 0 unspecified atom stereocenters. The quantitative estimate of drug-likeness (QED) is 0.356. The highest BCUT2D eigenvalue weighted by molar-refractivity contribution is 6.04. The normalized spacial score (nSPS) is 46.4. The summed E-state index contributed by atoms with van der Waals surface area (Å²) in [5, 5.41) is 9.95. The number of ketones is 1. The first-order valence-electron chi connectivity index (χ1n) is 15.2. The molecule has 5 aliphatic rings. The van der Waals surface area contributed by atoms with Gasteiger partial charge in [-0.1, -0.05) is 66.2 Å². The maximum Gasteiger partial charge on any atom is 0.238 e. The van der Waals surface area contributed by atoms with Gasteiger partial charge in [0, 0.05) is 17.8 Å². The molecule has 5 heteroatoms. The van der Waals surface area contributed by atoms with Crippen LogP contribution in [0.4, 0.5) is 0 Å². The molecule has 3 fully saturated rings. The highest BCUT2D eigenvalue weighted by Gasteiger charge is 2.69. The molecule has 0 saturated heterocycles. The van der Waals surface area contributed by atoms with Crippen molar-refractivity contribution in [2.75, 3.05) is 0 Å². The fraction of sp³-hybridized carbons (Fsp3) is 0.706. The monoisotopic (exact) mass is 527 g/mol. The van der Waals surface area contributed by atoms with Gasteiger partial charge >= 0.3 is 0 Å². The molecule has 208 valence electrons. The number of imidazole rings is 1. The van der Waals surface area contributed by atoms with E-state index in [2.05, 4.69) is 71.7 Å². The molecule has 0 spiro atoms. The molecular weight excluding hydrogens is 482 g/mol. The number of hydrogen-bond acceptors (Lipinski definition) is 4. The number of carbonyl (C=O) groups is 2. The van der Waals surface area contributed by atoms with Crippen molar-refractivity contribution in [2.24, 2.45) is 56.7 Å². The third-order valence-electron chi connectivity index (χ3n) is 13.6. The smallest absolute Gasteiger partial charge is 0.238 e. The molecule has 0 amide bonds. The van der Waals surface area contributed by atoms with Crippen molar-refractivity contribution in [1.82, 2.24) is 9.55 Å². The molecule has 0 radical (unpaired) electrons. The highest BCUT2D eigenvalue weighted by Crippen LogP contribution is 2.75. The second kappa shape index (κ2) is 8.27. The predicted molar refractivity (Wildman–Crippen MR) is 151 cm³/mol. The second-order valence-corrected chi connectivity index (χ2v) is 15.2. The minimum atomic E-state index is -0.535. The minimum Gasteiger partial charge on any atom is -0.293 e. The first-order chi connectivity index (χ1) is 18.3. The maximum absolute atomic E-state index is 14.2. The Balaban J connectivity index is 1.50. The van der Waals surface area contributed by atoms with Gasteiger partial charge in [-0.2, -0.15) is 5.26 Å². The molecule has 0 bridgehead atoms. The highest BCUT2D eigenvalue weighted by atomic mass is 16.2. The largest absolute Gasteiger partial charge is 0.293 e. The van der Waals surface area contributed by atoms with Crippen molar-refractivity contribution in [3.05, 3.63) is 42.0 Å². The molecule has 1 aromatic rings. The number of Topliss-reactive ketones (excluding diaryl/α,β-unsaturated/α-hetero) is 1. The summed E-state index contributed by atoms with van der Waals surface area (Å²) in [5.41, 5.74) is 0.755. The van der Waals surface area contributed by atoms with Crippen LogP contribution >= 0.6 is 0 Å². The van der Waals surface area contributed by atoms with Crippen LogP contribution in [0.2, 0.25) is 0 Å². The summed E-state index contributed by atoms with van der Waals surface area (Å²) in [6, 6.07) is 2.27. The summed E-state index contributed by atoms with van der Waals surface area (Å²) in [4.78, 5) is 31.8. The van der Waals surface area contributed by atoms with E-state index in [0.29, 0.717) is 23.3 Å². The Labute approximate surface area is 234 Å². The number of rotatable bonds is 1. The molecule has 6 rings (SSSR count). The molecule has 3 saturated carbocycles. The lowest BCUT2D eigenvalue weighted by Crippen LogP contribution is -2.64. The zero-order chi connectivity index (χ0) is 28.2. The summed E-state index contributed by atoms with van der Waals surface area (Å²) in [6.07, 6.45) is 16.8. The predicted octanol–water partition coefficient (Wildman–Crippen LogP) is 7.42. The van der Waals surface area contributed by atoms with E-state index in [-0.39, 0.29) is 45.2 Å². The van der Waals surface area contributed by atoms with Crippen LogP contribution in [0.3, 0.4) is 0 Å². The van der Waals surface area contributed by atoms with Gasteiger partial charge in [-0.05, 0) is 90.8 Å². The van der Waals surface area contributed by atoms with Crippen LogP contribution in [-0.4, -0.2) is 21.2 Å². The SMILES string of the molecule is C[C@H]1[C@H](C)CC[C@]2(C(=O)n3ccnc3)CC[C@]3(C)C(=CC[C@@H]4[C@@]5(C)C=C(C#N)C(=O)C(C)(C)[C@@H]5CC[C@]43C)[C@H]12. The lowest BCUT2D eigenvalue weighted by Gasteiger charge is -2.70. The third kappa shape index (κ3) is 3.15. The summed E-state index contributed by atoms with van der Waals surface area (Å²) in [6.45, 7) is 16.3. The number of nitrogens with zero attached hydrogens (tertiary/aromatic N) is 3.